The number of para-hydroxylation sites is 2. The van der Waals surface area contributed by atoms with E-state index in [4.69, 9.17) is 0 Å². The van der Waals surface area contributed by atoms with Crippen LogP contribution in [0.2, 0.25) is 19.6 Å². The summed E-state index contributed by atoms with van der Waals surface area (Å²) in [6.45, 7) is 18.4. The highest BCUT2D eigenvalue weighted by atomic mass is 28.3. The molecule has 0 amide bonds. The van der Waals surface area contributed by atoms with Crippen LogP contribution >= 0.6 is 0 Å². The minimum Gasteiger partial charge on any atom is -0.309 e. The van der Waals surface area contributed by atoms with Crippen LogP contribution in [0.3, 0.4) is 0 Å². The van der Waals surface area contributed by atoms with Crippen LogP contribution in [0, 0.1) is 13.8 Å². The van der Waals surface area contributed by atoms with Crippen molar-refractivity contribution in [3.63, 3.8) is 0 Å². The van der Waals surface area contributed by atoms with Crippen molar-refractivity contribution in [3.8, 4) is 5.69 Å². The largest absolute Gasteiger partial charge is 0.309 e. The molecule has 0 aliphatic heterocycles. The van der Waals surface area contributed by atoms with Gasteiger partial charge in [-0.05, 0) is 85.0 Å². The first-order chi connectivity index (χ1) is 18.2. The van der Waals surface area contributed by atoms with Gasteiger partial charge in [-0.25, -0.2) is 0 Å². The molecule has 0 saturated heterocycles. The summed E-state index contributed by atoms with van der Waals surface area (Å²) in [5.74, 6) is 0. The zero-order chi connectivity index (χ0) is 27.0. The molecule has 38 heavy (non-hydrogen) atoms. The smallest absolute Gasteiger partial charge is 0.0779 e. The van der Waals surface area contributed by atoms with Crippen molar-refractivity contribution in [3.05, 3.63) is 137 Å². The molecule has 0 N–H and O–H groups in total. The SMILES string of the molecule is C=C(/C=C(\C(=C/C)[Si](C)(C)C)c1ccc(C)cc1)c1cc2c3ccccc3n(-c3ccccc3)c2cc1C. The zero-order valence-corrected chi connectivity index (χ0v) is 24.5. The summed E-state index contributed by atoms with van der Waals surface area (Å²) in [4.78, 5) is 0. The maximum absolute atomic E-state index is 4.62. The summed E-state index contributed by atoms with van der Waals surface area (Å²) >= 11 is 0. The molecule has 0 aliphatic carbocycles. The van der Waals surface area contributed by atoms with Crippen molar-refractivity contribution in [2.75, 3.05) is 0 Å². The van der Waals surface area contributed by atoms with Gasteiger partial charge < -0.3 is 4.57 Å². The molecular formula is C36H37NSi. The van der Waals surface area contributed by atoms with Crippen molar-refractivity contribution in [2.45, 2.75) is 40.4 Å². The summed E-state index contributed by atoms with van der Waals surface area (Å²) in [5, 5.41) is 3.98. The van der Waals surface area contributed by atoms with Crippen LogP contribution < -0.4 is 0 Å². The average Bonchev–Trinajstić information content (AvgIpc) is 3.21. The maximum Gasteiger partial charge on any atom is 0.0779 e. The Kier molecular flexibility index (Phi) is 6.85. The molecule has 2 heteroatoms. The molecule has 0 unspecified atom stereocenters. The van der Waals surface area contributed by atoms with Gasteiger partial charge in [-0.1, -0.05) is 104 Å². The van der Waals surface area contributed by atoms with Crippen molar-refractivity contribution in [2.24, 2.45) is 0 Å². The van der Waals surface area contributed by atoms with Gasteiger partial charge in [-0.2, -0.15) is 0 Å². The molecule has 0 bridgehead atoms. The summed E-state index contributed by atoms with van der Waals surface area (Å²) in [7, 11) is -1.59. The van der Waals surface area contributed by atoms with E-state index >= 15 is 0 Å². The standard InChI is InChI=1S/C36H37NSi/c1-8-36(38(5,6)7)32(28-20-18-25(2)19-21-28)22-26(3)31-24-33-30-16-12-13-17-34(30)37(35(33)23-27(31)4)29-14-10-9-11-15-29/h8-24H,3H2,1-2,4-7H3/b32-22-,36-8+. The highest BCUT2D eigenvalue weighted by Gasteiger charge is 2.24. The molecule has 5 rings (SSSR count). The molecular weight excluding hydrogens is 474 g/mol. The summed E-state index contributed by atoms with van der Waals surface area (Å²) in [6.07, 6.45) is 4.64. The minimum absolute atomic E-state index is 1.05. The number of aryl methyl sites for hydroxylation is 2. The van der Waals surface area contributed by atoms with E-state index in [1.54, 1.807) is 0 Å². The molecule has 4 aromatic carbocycles. The third kappa shape index (κ3) is 4.73. The Balaban J connectivity index is 1.72. The summed E-state index contributed by atoms with van der Waals surface area (Å²) in [6, 6.07) is 32.9. The summed E-state index contributed by atoms with van der Waals surface area (Å²) in [5.41, 5.74) is 10.9. The number of aromatic nitrogens is 1. The van der Waals surface area contributed by atoms with Crippen LogP contribution in [-0.4, -0.2) is 12.6 Å². The summed E-state index contributed by atoms with van der Waals surface area (Å²) < 4.78 is 2.38. The van der Waals surface area contributed by atoms with Crippen LogP contribution in [-0.2, 0) is 0 Å². The monoisotopic (exact) mass is 511 g/mol. The number of rotatable bonds is 6. The molecule has 1 aromatic heterocycles. The lowest BCUT2D eigenvalue weighted by Crippen LogP contribution is -2.25. The normalized spacial score (nSPS) is 12.9. The number of fused-ring (bicyclic) bond motifs is 3. The molecule has 0 fully saturated rings. The van der Waals surface area contributed by atoms with E-state index in [-0.39, 0.29) is 0 Å². The van der Waals surface area contributed by atoms with Crippen LogP contribution in [0.1, 0.15) is 29.2 Å². The number of nitrogens with zero attached hydrogens (tertiary/aromatic N) is 1. The molecule has 0 atom stereocenters. The van der Waals surface area contributed by atoms with Crippen molar-refractivity contribution in [1.29, 1.82) is 0 Å². The minimum atomic E-state index is -1.59. The lowest BCUT2D eigenvalue weighted by molar-refractivity contribution is 1.18. The maximum atomic E-state index is 4.62. The Labute approximate surface area is 228 Å². The Morgan fingerprint density at radius 3 is 2.08 bits per heavy atom. The number of hydrogen-bond donors (Lipinski definition) is 0. The zero-order valence-electron chi connectivity index (χ0n) is 23.5. The molecule has 1 nitrogen and oxygen atoms in total. The highest BCUT2D eigenvalue weighted by molar-refractivity contribution is 6.85. The van der Waals surface area contributed by atoms with Gasteiger partial charge in [0, 0.05) is 16.5 Å². The first-order valence-electron chi connectivity index (χ1n) is 13.4. The predicted molar refractivity (Wildman–Crippen MR) is 171 cm³/mol. The van der Waals surface area contributed by atoms with Gasteiger partial charge in [0.1, 0.15) is 0 Å². The highest BCUT2D eigenvalue weighted by Crippen LogP contribution is 2.37. The first-order valence-corrected chi connectivity index (χ1v) is 16.9. The lowest BCUT2D eigenvalue weighted by Gasteiger charge is -2.25. The van der Waals surface area contributed by atoms with Crippen LogP contribution in [0.5, 0.6) is 0 Å². The van der Waals surface area contributed by atoms with Crippen molar-refractivity contribution >= 4 is 41.0 Å². The molecule has 5 aromatic rings. The molecule has 1 heterocycles. The second-order valence-corrected chi connectivity index (χ2v) is 16.3. The van der Waals surface area contributed by atoms with Crippen LogP contribution in [0.4, 0.5) is 0 Å². The van der Waals surface area contributed by atoms with E-state index in [1.165, 1.54) is 60.5 Å². The Morgan fingerprint density at radius 1 is 0.763 bits per heavy atom. The quantitative estimate of drug-likeness (QED) is 0.158. The Hall–Kier alpha value is -3.88. The molecule has 190 valence electrons. The van der Waals surface area contributed by atoms with Gasteiger partial charge in [0.2, 0.25) is 0 Å². The van der Waals surface area contributed by atoms with Crippen molar-refractivity contribution in [1.82, 2.24) is 4.57 Å². The van der Waals surface area contributed by atoms with E-state index in [9.17, 15) is 0 Å². The molecule has 0 saturated carbocycles. The van der Waals surface area contributed by atoms with Gasteiger partial charge in [-0.3, -0.25) is 0 Å². The fourth-order valence-corrected chi connectivity index (χ4v) is 7.51. The first kappa shape index (κ1) is 25.8. The van der Waals surface area contributed by atoms with Crippen LogP contribution in [0.15, 0.2) is 115 Å². The van der Waals surface area contributed by atoms with E-state index < -0.39 is 8.07 Å². The van der Waals surface area contributed by atoms with E-state index in [2.05, 4.69) is 155 Å². The number of allylic oxidation sites excluding steroid dienone is 5. The lowest BCUT2D eigenvalue weighted by atomic mass is 9.94. The molecule has 0 radical (unpaired) electrons. The second kappa shape index (κ2) is 10.1. The predicted octanol–water partition coefficient (Wildman–Crippen LogP) is 10.3. The third-order valence-electron chi connectivity index (χ3n) is 7.45. The fourth-order valence-electron chi connectivity index (χ4n) is 5.61. The van der Waals surface area contributed by atoms with Gasteiger partial charge in [0.15, 0.2) is 0 Å². The Morgan fingerprint density at radius 2 is 1.42 bits per heavy atom. The van der Waals surface area contributed by atoms with E-state index in [0.29, 0.717) is 0 Å². The van der Waals surface area contributed by atoms with Gasteiger partial charge in [-0.15, -0.1) is 0 Å². The van der Waals surface area contributed by atoms with Crippen molar-refractivity contribution < 1.29 is 0 Å². The molecule has 0 spiro atoms. The molecule has 0 aliphatic rings. The number of benzene rings is 4. The van der Waals surface area contributed by atoms with Gasteiger partial charge in [0.05, 0.1) is 19.1 Å². The fraction of sp³-hybridized carbons (Fsp3) is 0.167. The average molecular weight is 512 g/mol. The Bertz CT molecular complexity index is 1710. The van der Waals surface area contributed by atoms with Gasteiger partial charge >= 0.3 is 0 Å². The van der Waals surface area contributed by atoms with E-state index in [1.807, 2.05) is 0 Å². The topological polar surface area (TPSA) is 4.93 Å². The number of hydrogen-bond acceptors (Lipinski definition) is 0. The third-order valence-corrected chi connectivity index (χ3v) is 9.62. The van der Waals surface area contributed by atoms with Crippen LogP contribution in [0.25, 0.3) is 38.6 Å². The van der Waals surface area contributed by atoms with E-state index in [0.717, 1.165) is 5.57 Å². The second-order valence-electron chi connectivity index (χ2n) is 11.3. The van der Waals surface area contributed by atoms with Gasteiger partial charge in [0.25, 0.3) is 0 Å².